The van der Waals surface area contributed by atoms with Crippen molar-refractivity contribution in [2.75, 3.05) is 5.32 Å². The molecule has 0 fully saturated rings. The van der Waals surface area contributed by atoms with Crippen molar-refractivity contribution in [2.45, 2.75) is 41.2 Å². The third kappa shape index (κ3) is 3.62. The van der Waals surface area contributed by atoms with Crippen LogP contribution in [-0.2, 0) is 6.61 Å². The van der Waals surface area contributed by atoms with Gasteiger partial charge >= 0.3 is 0 Å². The fraction of sp³-hybridized carbons (Fsp3) is 0.233. The highest BCUT2D eigenvalue weighted by Gasteiger charge is 2.24. The Bertz CT molecular complexity index is 1640. The van der Waals surface area contributed by atoms with E-state index in [2.05, 4.69) is 92.6 Å². The van der Waals surface area contributed by atoms with Gasteiger partial charge in [0.2, 0.25) is 0 Å². The van der Waals surface area contributed by atoms with E-state index in [9.17, 15) is 0 Å². The van der Waals surface area contributed by atoms with Gasteiger partial charge in [0, 0.05) is 27.2 Å². The molecule has 0 unspecified atom stereocenters. The highest BCUT2D eigenvalue weighted by molar-refractivity contribution is 7.22. The van der Waals surface area contributed by atoms with Crippen LogP contribution in [0, 0.1) is 19.8 Å². The minimum Gasteiger partial charge on any atom is -0.485 e. The van der Waals surface area contributed by atoms with Gasteiger partial charge in [0.15, 0.2) is 0 Å². The van der Waals surface area contributed by atoms with Crippen molar-refractivity contribution in [3.63, 3.8) is 0 Å². The van der Waals surface area contributed by atoms with Crippen LogP contribution >= 0.6 is 11.3 Å². The fourth-order valence-electron chi connectivity index (χ4n) is 5.01. The van der Waals surface area contributed by atoms with E-state index in [0.717, 1.165) is 28.5 Å². The Morgan fingerprint density at radius 2 is 1.91 bits per heavy atom. The first-order valence-corrected chi connectivity index (χ1v) is 13.0. The number of ether oxygens (including phenoxy) is 1. The molecule has 3 heterocycles. The van der Waals surface area contributed by atoms with Gasteiger partial charge in [-0.15, -0.1) is 11.3 Å². The van der Waals surface area contributed by atoms with E-state index in [0.29, 0.717) is 12.5 Å². The summed E-state index contributed by atoms with van der Waals surface area (Å²) in [6.07, 6.45) is 2.17. The van der Waals surface area contributed by atoms with Crippen molar-refractivity contribution in [3.05, 3.63) is 77.4 Å². The Labute approximate surface area is 209 Å². The van der Waals surface area contributed by atoms with E-state index in [-0.39, 0.29) is 0 Å². The number of nitrogens with one attached hydrogen (secondary N) is 2. The van der Waals surface area contributed by atoms with Crippen molar-refractivity contribution in [3.8, 4) is 27.4 Å². The third-order valence-electron chi connectivity index (χ3n) is 6.87. The second-order valence-electron chi connectivity index (χ2n) is 9.63. The molecule has 5 aromatic rings. The summed E-state index contributed by atoms with van der Waals surface area (Å²) in [7, 11) is 0. The van der Waals surface area contributed by atoms with Gasteiger partial charge in [0.05, 0.1) is 16.1 Å². The van der Waals surface area contributed by atoms with Crippen molar-refractivity contribution in [1.82, 2.24) is 9.97 Å². The van der Waals surface area contributed by atoms with E-state index in [1.165, 1.54) is 48.2 Å². The molecule has 0 aliphatic carbocycles. The van der Waals surface area contributed by atoms with Crippen LogP contribution in [0.2, 0.25) is 0 Å². The summed E-state index contributed by atoms with van der Waals surface area (Å²) >= 11 is 1.79. The number of aromatic amines is 1. The second-order valence-corrected chi connectivity index (χ2v) is 10.7. The van der Waals surface area contributed by atoms with E-state index in [1.807, 2.05) is 6.92 Å². The Kier molecular flexibility index (Phi) is 5.19. The lowest BCUT2D eigenvalue weighted by molar-refractivity contribution is 0.302. The largest absolute Gasteiger partial charge is 0.485 e. The Morgan fingerprint density at radius 3 is 2.71 bits per heavy atom. The molecule has 5 heteroatoms. The van der Waals surface area contributed by atoms with E-state index >= 15 is 0 Å². The molecule has 6 rings (SSSR count). The van der Waals surface area contributed by atoms with Crippen LogP contribution in [0.3, 0.4) is 0 Å². The number of anilines is 1. The van der Waals surface area contributed by atoms with Gasteiger partial charge in [-0.3, -0.25) is 0 Å². The molecule has 3 aromatic carbocycles. The number of hydrogen-bond acceptors (Lipinski definition) is 4. The van der Waals surface area contributed by atoms with Crippen LogP contribution in [-0.4, -0.2) is 9.97 Å². The lowest BCUT2D eigenvalue weighted by Gasteiger charge is -2.18. The summed E-state index contributed by atoms with van der Waals surface area (Å²) in [4.78, 5) is 9.28. The maximum Gasteiger partial charge on any atom is 0.147 e. The Morgan fingerprint density at radius 1 is 1.09 bits per heavy atom. The molecule has 0 bridgehead atoms. The average molecular weight is 480 g/mol. The molecule has 2 aromatic heterocycles. The van der Waals surface area contributed by atoms with Gasteiger partial charge in [-0.25, -0.2) is 4.98 Å². The molecule has 176 valence electrons. The quantitative estimate of drug-likeness (QED) is 0.271. The maximum absolute atomic E-state index is 6.22. The first kappa shape index (κ1) is 21.9. The van der Waals surface area contributed by atoms with E-state index < -0.39 is 0 Å². The summed E-state index contributed by atoms with van der Waals surface area (Å²) in [5, 5.41) is 7.40. The zero-order valence-electron chi connectivity index (χ0n) is 20.7. The number of allylic oxidation sites excluding steroid dienone is 2. The highest BCUT2D eigenvalue weighted by atomic mass is 32.1. The molecular formula is C30H29N3OS. The van der Waals surface area contributed by atoms with Gasteiger partial charge in [0.1, 0.15) is 18.2 Å². The Balaban J connectivity index is 1.43. The first-order valence-electron chi connectivity index (χ1n) is 12.1. The summed E-state index contributed by atoms with van der Waals surface area (Å²) < 4.78 is 7.40. The molecule has 4 nitrogen and oxygen atoms in total. The monoisotopic (exact) mass is 479 g/mol. The average Bonchev–Trinajstić information content (AvgIpc) is 3.45. The molecule has 0 amide bonds. The predicted molar refractivity (Wildman–Crippen MR) is 148 cm³/mol. The molecule has 0 spiro atoms. The standard InChI is InChI=1S/C30H29N3OS/c1-6-24(16(2)3)33-27-17(4)7-8-19-13-20(9-11-22(19)27)26-14-21-10-12-23-28-25(31-18(5)32-28)15-34-29(23)30(21)35-26/h6-14,16,33H,15H2,1-5H3,(H,31,32)/b24-6-. The molecular weight excluding hydrogens is 450 g/mol. The molecule has 1 aliphatic rings. The number of imidazole rings is 1. The topological polar surface area (TPSA) is 49.9 Å². The van der Waals surface area contributed by atoms with Gasteiger partial charge in [0.25, 0.3) is 0 Å². The van der Waals surface area contributed by atoms with Crippen molar-refractivity contribution in [1.29, 1.82) is 0 Å². The van der Waals surface area contributed by atoms with Crippen molar-refractivity contribution in [2.24, 2.45) is 5.92 Å². The van der Waals surface area contributed by atoms with Gasteiger partial charge < -0.3 is 15.0 Å². The van der Waals surface area contributed by atoms with Crippen LogP contribution < -0.4 is 10.1 Å². The van der Waals surface area contributed by atoms with Gasteiger partial charge in [-0.05, 0) is 66.8 Å². The van der Waals surface area contributed by atoms with Crippen molar-refractivity contribution < 1.29 is 4.74 Å². The summed E-state index contributed by atoms with van der Waals surface area (Å²) in [6, 6.07) is 17.8. The first-order chi connectivity index (χ1) is 16.9. The van der Waals surface area contributed by atoms with Crippen LogP contribution in [0.25, 0.3) is 42.6 Å². The number of aromatic nitrogens is 2. The van der Waals surface area contributed by atoms with Crippen LogP contribution in [0.15, 0.2) is 60.3 Å². The summed E-state index contributed by atoms with van der Waals surface area (Å²) in [5.41, 5.74) is 8.07. The number of benzene rings is 3. The maximum atomic E-state index is 6.22. The number of fused-ring (bicyclic) bond motifs is 6. The minimum absolute atomic E-state index is 0.446. The molecule has 2 N–H and O–H groups in total. The van der Waals surface area contributed by atoms with Crippen molar-refractivity contribution >= 4 is 37.9 Å². The molecule has 0 saturated carbocycles. The fourth-order valence-corrected chi connectivity index (χ4v) is 6.17. The third-order valence-corrected chi connectivity index (χ3v) is 8.07. The van der Waals surface area contributed by atoms with Crippen LogP contribution in [0.4, 0.5) is 5.69 Å². The number of hydrogen-bond donors (Lipinski definition) is 2. The minimum atomic E-state index is 0.446. The summed E-state index contributed by atoms with van der Waals surface area (Å²) in [5.74, 6) is 2.32. The zero-order chi connectivity index (χ0) is 24.3. The summed E-state index contributed by atoms with van der Waals surface area (Å²) in [6.45, 7) is 11.2. The second kappa shape index (κ2) is 8.28. The zero-order valence-corrected chi connectivity index (χ0v) is 21.6. The van der Waals surface area contributed by atoms with Gasteiger partial charge in [-0.1, -0.05) is 50.3 Å². The van der Waals surface area contributed by atoms with Crippen LogP contribution in [0.1, 0.15) is 37.9 Å². The van der Waals surface area contributed by atoms with Crippen LogP contribution in [0.5, 0.6) is 5.75 Å². The molecule has 1 aliphatic heterocycles. The highest BCUT2D eigenvalue weighted by Crippen LogP contribution is 2.46. The normalized spacial score (nSPS) is 13.3. The number of rotatable bonds is 4. The molecule has 0 atom stereocenters. The SMILES string of the molecule is C/C=C(\Nc1c(C)ccc2cc(-c3cc4ccc5c(c4s3)OCc3[nH]c(C)nc3-5)ccc12)C(C)C. The predicted octanol–water partition coefficient (Wildman–Crippen LogP) is 8.59. The van der Waals surface area contributed by atoms with E-state index in [4.69, 9.17) is 9.72 Å². The molecule has 0 saturated heterocycles. The molecule has 0 radical (unpaired) electrons. The number of nitrogens with zero attached hydrogens (tertiary/aromatic N) is 1. The lowest BCUT2D eigenvalue weighted by Crippen LogP contribution is -2.07. The van der Waals surface area contributed by atoms with Gasteiger partial charge in [-0.2, -0.15) is 0 Å². The van der Waals surface area contributed by atoms with E-state index in [1.54, 1.807) is 11.3 Å². The molecule has 35 heavy (non-hydrogen) atoms. The Hall–Kier alpha value is -3.57. The lowest BCUT2D eigenvalue weighted by atomic mass is 10.00. The number of aryl methyl sites for hydroxylation is 2. The number of H-pyrrole nitrogens is 1. The number of thiophene rings is 1. The smallest absolute Gasteiger partial charge is 0.147 e.